The van der Waals surface area contributed by atoms with Crippen LogP contribution in [-0.4, -0.2) is 16.3 Å². The third-order valence-corrected chi connectivity index (χ3v) is 3.66. The number of rotatable bonds is 0. The van der Waals surface area contributed by atoms with Gasteiger partial charge in [-0.2, -0.15) is 13.2 Å². The highest BCUT2D eigenvalue weighted by atomic mass is 19.4. The number of alkyl halides is 3. The maximum absolute atomic E-state index is 13.1. The van der Waals surface area contributed by atoms with Gasteiger partial charge in [0.1, 0.15) is 0 Å². The lowest BCUT2D eigenvalue weighted by atomic mass is 9.87. The number of nitrogens with one attached hydrogen (secondary N) is 2. The Morgan fingerprint density at radius 2 is 1.82 bits per heavy atom. The van der Waals surface area contributed by atoms with Crippen LogP contribution in [0.2, 0.25) is 0 Å². The first-order chi connectivity index (χ1) is 10.1. The molecule has 2 aromatic rings. The van der Waals surface area contributed by atoms with Crippen molar-refractivity contribution in [2.24, 2.45) is 0 Å². The number of aromatic amines is 1. The number of ketones is 1. The van der Waals surface area contributed by atoms with Gasteiger partial charge in [-0.1, -0.05) is 0 Å². The molecule has 1 aromatic heterocycles. The fraction of sp³-hybridized carbons (Fsp3) is 0.333. The molecular weight excluding hydrogens is 297 g/mol. The van der Waals surface area contributed by atoms with Crippen molar-refractivity contribution in [2.45, 2.75) is 32.0 Å². The van der Waals surface area contributed by atoms with Gasteiger partial charge in [0.2, 0.25) is 5.56 Å². The highest BCUT2D eigenvalue weighted by molar-refractivity contribution is 6.07. The van der Waals surface area contributed by atoms with Gasteiger partial charge in [0.25, 0.3) is 0 Å². The van der Waals surface area contributed by atoms with Gasteiger partial charge in [-0.25, -0.2) is 0 Å². The quantitative estimate of drug-likeness (QED) is 0.784. The van der Waals surface area contributed by atoms with Crippen molar-refractivity contribution in [1.29, 1.82) is 0 Å². The van der Waals surface area contributed by atoms with Gasteiger partial charge in [0.15, 0.2) is 5.78 Å². The number of hydrogen-bond donors (Lipinski definition) is 2. The summed E-state index contributed by atoms with van der Waals surface area (Å²) >= 11 is 0. The fourth-order valence-electron chi connectivity index (χ4n) is 2.78. The summed E-state index contributed by atoms with van der Waals surface area (Å²) in [7, 11) is 0. The molecule has 2 N–H and O–H groups in total. The van der Waals surface area contributed by atoms with Crippen LogP contribution in [0.5, 0.6) is 0 Å². The monoisotopic (exact) mass is 310 g/mol. The molecule has 2 heterocycles. The molecule has 22 heavy (non-hydrogen) atoms. The fourth-order valence-corrected chi connectivity index (χ4v) is 2.78. The summed E-state index contributed by atoms with van der Waals surface area (Å²) < 4.78 is 39.3. The zero-order valence-electron chi connectivity index (χ0n) is 11.9. The van der Waals surface area contributed by atoms with E-state index in [1.165, 1.54) is 12.1 Å². The van der Waals surface area contributed by atoms with Crippen molar-refractivity contribution < 1.29 is 18.0 Å². The van der Waals surface area contributed by atoms with Crippen molar-refractivity contribution in [3.05, 3.63) is 39.7 Å². The van der Waals surface area contributed by atoms with Gasteiger partial charge < -0.3 is 10.3 Å². The van der Waals surface area contributed by atoms with Crippen molar-refractivity contribution in [2.75, 3.05) is 5.32 Å². The Bertz CT molecular complexity index is 850. The summed E-state index contributed by atoms with van der Waals surface area (Å²) in [5.41, 5.74) is -1.66. The largest absolute Gasteiger partial charge is 0.417 e. The van der Waals surface area contributed by atoms with Crippen LogP contribution in [0.3, 0.4) is 0 Å². The van der Waals surface area contributed by atoms with Gasteiger partial charge in [0, 0.05) is 34.7 Å². The van der Waals surface area contributed by atoms with Crippen LogP contribution in [0, 0.1) is 0 Å². The topological polar surface area (TPSA) is 62.0 Å². The Hall–Kier alpha value is -2.31. The first-order valence-electron chi connectivity index (χ1n) is 6.66. The van der Waals surface area contributed by atoms with Crippen LogP contribution in [0.15, 0.2) is 23.0 Å². The van der Waals surface area contributed by atoms with Gasteiger partial charge in [-0.05, 0) is 26.0 Å². The van der Waals surface area contributed by atoms with Crippen LogP contribution >= 0.6 is 0 Å². The Morgan fingerprint density at radius 1 is 1.14 bits per heavy atom. The minimum absolute atomic E-state index is 0.0524. The molecule has 0 amide bonds. The van der Waals surface area contributed by atoms with E-state index in [9.17, 15) is 22.8 Å². The number of carbonyl (C=O) groups excluding carboxylic acids is 1. The molecule has 0 radical (unpaired) electrons. The summed E-state index contributed by atoms with van der Waals surface area (Å²) in [5.74, 6) is -0.222. The zero-order chi connectivity index (χ0) is 16.3. The zero-order valence-corrected chi connectivity index (χ0v) is 11.9. The Kier molecular flexibility index (Phi) is 2.89. The molecule has 0 fully saturated rings. The van der Waals surface area contributed by atoms with E-state index in [-0.39, 0.29) is 28.7 Å². The number of hydrogen-bond acceptors (Lipinski definition) is 3. The summed E-state index contributed by atoms with van der Waals surface area (Å²) in [4.78, 5) is 26.0. The number of pyridine rings is 1. The minimum Gasteiger partial charge on any atom is -0.379 e. The summed E-state index contributed by atoms with van der Waals surface area (Å²) in [6.07, 6.45) is -4.47. The lowest BCUT2D eigenvalue weighted by molar-refractivity contribution is -0.136. The number of Topliss-reactive ketones (excluding diaryl/α,β-unsaturated/α-hetero) is 1. The van der Waals surface area contributed by atoms with Crippen LogP contribution in [-0.2, 0) is 6.18 Å². The van der Waals surface area contributed by atoms with Crippen molar-refractivity contribution >= 4 is 22.4 Å². The molecule has 116 valence electrons. The second-order valence-corrected chi connectivity index (χ2v) is 6.10. The standard InChI is InChI=1S/C15H13F3N2O2/c1-14(2)6-12(21)8-3-7-9(15(16,17)18)4-13(22)19-10(7)5-11(8)20-14/h3-5,20H,6H2,1-2H3,(H,19,22). The van der Waals surface area contributed by atoms with E-state index in [4.69, 9.17) is 0 Å². The van der Waals surface area contributed by atoms with Crippen molar-refractivity contribution in [1.82, 2.24) is 4.98 Å². The van der Waals surface area contributed by atoms with E-state index in [1.54, 1.807) is 0 Å². The summed E-state index contributed by atoms with van der Waals surface area (Å²) in [5, 5.41) is 2.93. The number of fused-ring (bicyclic) bond motifs is 2. The summed E-state index contributed by atoms with van der Waals surface area (Å²) in [6, 6.07) is 3.10. The second-order valence-electron chi connectivity index (χ2n) is 6.10. The predicted octanol–water partition coefficient (Wildman–Crippen LogP) is 3.32. The Labute approximate surface area is 123 Å². The van der Waals surface area contributed by atoms with Gasteiger partial charge in [-0.15, -0.1) is 0 Å². The predicted molar refractivity (Wildman–Crippen MR) is 76.2 cm³/mol. The average molecular weight is 310 g/mol. The van der Waals surface area contributed by atoms with Crippen LogP contribution in [0.25, 0.3) is 10.9 Å². The second kappa shape index (κ2) is 4.34. The molecule has 7 heteroatoms. The molecule has 0 spiro atoms. The smallest absolute Gasteiger partial charge is 0.379 e. The molecule has 1 aromatic carbocycles. The van der Waals surface area contributed by atoms with Gasteiger partial charge in [0.05, 0.1) is 11.1 Å². The van der Waals surface area contributed by atoms with E-state index in [0.717, 1.165) is 0 Å². The third-order valence-electron chi connectivity index (χ3n) is 3.66. The highest BCUT2D eigenvalue weighted by Gasteiger charge is 2.35. The SMILES string of the molecule is CC1(C)CC(=O)c2cc3c(C(F)(F)F)cc(=O)[nH]c3cc2N1. The molecule has 0 aliphatic carbocycles. The number of aromatic nitrogens is 1. The van der Waals surface area contributed by atoms with Crippen LogP contribution < -0.4 is 10.9 Å². The first kappa shape index (κ1) is 14.6. The third kappa shape index (κ3) is 2.36. The van der Waals surface area contributed by atoms with E-state index >= 15 is 0 Å². The number of H-pyrrole nitrogens is 1. The Balaban J connectivity index is 2.34. The van der Waals surface area contributed by atoms with Crippen LogP contribution in [0.1, 0.15) is 36.2 Å². The number of halogens is 3. The van der Waals surface area contributed by atoms with Crippen LogP contribution in [0.4, 0.5) is 18.9 Å². The number of carbonyl (C=O) groups is 1. The Morgan fingerprint density at radius 3 is 2.45 bits per heavy atom. The normalized spacial score (nSPS) is 17.2. The lowest BCUT2D eigenvalue weighted by Crippen LogP contribution is -2.38. The van der Waals surface area contributed by atoms with E-state index < -0.39 is 22.8 Å². The van der Waals surface area contributed by atoms with Crippen molar-refractivity contribution in [3.8, 4) is 0 Å². The molecule has 0 bridgehead atoms. The van der Waals surface area contributed by atoms with E-state index in [2.05, 4.69) is 10.3 Å². The molecule has 0 saturated heterocycles. The van der Waals surface area contributed by atoms with Gasteiger partial charge in [-0.3, -0.25) is 9.59 Å². The molecular formula is C15H13F3N2O2. The molecule has 4 nitrogen and oxygen atoms in total. The van der Waals surface area contributed by atoms with Crippen molar-refractivity contribution in [3.63, 3.8) is 0 Å². The van der Waals surface area contributed by atoms with Gasteiger partial charge >= 0.3 is 6.18 Å². The minimum atomic E-state index is -4.66. The molecule has 1 aliphatic heterocycles. The molecule has 3 rings (SSSR count). The number of benzene rings is 1. The van der Waals surface area contributed by atoms with E-state index in [1.807, 2.05) is 13.8 Å². The number of anilines is 1. The molecule has 0 atom stereocenters. The molecule has 1 aliphatic rings. The highest BCUT2D eigenvalue weighted by Crippen LogP contribution is 2.38. The summed E-state index contributed by atoms with van der Waals surface area (Å²) in [6.45, 7) is 3.65. The average Bonchev–Trinajstić information content (AvgIpc) is 2.33. The maximum Gasteiger partial charge on any atom is 0.417 e. The lowest BCUT2D eigenvalue weighted by Gasteiger charge is -2.33. The molecule has 0 saturated carbocycles. The van der Waals surface area contributed by atoms with E-state index in [0.29, 0.717) is 11.8 Å². The maximum atomic E-state index is 13.1. The molecule has 0 unspecified atom stereocenters. The first-order valence-corrected chi connectivity index (χ1v) is 6.66.